The topological polar surface area (TPSA) is 42.9 Å². The van der Waals surface area contributed by atoms with E-state index >= 15 is 0 Å². The maximum absolute atomic E-state index is 11.2. The average Bonchev–Trinajstić information content (AvgIpc) is 2.18. The van der Waals surface area contributed by atoms with Crippen LogP contribution in [0.4, 0.5) is 0 Å². The number of hydrogen-bond donors (Lipinski definition) is 1. The van der Waals surface area contributed by atoms with Crippen LogP contribution >= 0.6 is 0 Å². The summed E-state index contributed by atoms with van der Waals surface area (Å²) in [5.41, 5.74) is -0.276. The molecule has 1 saturated heterocycles. The summed E-state index contributed by atoms with van der Waals surface area (Å²) in [7, 11) is 0. The van der Waals surface area contributed by atoms with E-state index in [1.807, 2.05) is 20.8 Å². The molecule has 1 aliphatic heterocycles. The molecule has 0 atom stereocenters. The fourth-order valence-corrected chi connectivity index (χ4v) is 2.07. The standard InChI is InChI=1S/C11H21NO2/c1-4-10(13)14-11(2,3)9-5-7-12-8-6-9/h9,12H,4-8H2,1-3H3/p+1. The molecule has 82 valence electrons. The third-order valence-electron chi connectivity index (χ3n) is 3.09. The van der Waals surface area contributed by atoms with Crippen molar-refractivity contribution in [2.45, 2.75) is 45.6 Å². The number of nitrogens with two attached hydrogens (primary N) is 1. The van der Waals surface area contributed by atoms with Gasteiger partial charge in [-0.25, -0.2) is 0 Å². The molecule has 0 amide bonds. The van der Waals surface area contributed by atoms with E-state index in [1.54, 1.807) is 0 Å². The van der Waals surface area contributed by atoms with Crippen molar-refractivity contribution in [2.24, 2.45) is 5.92 Å². The third-order valence-corrected chi connectivity index (χ3v) is 3.09. The quantitative estimate of drug-likeness (QED) is 0.681. The lowest BCUT2D eigenvalue weighted by Gasteiger charge is -2.35. The van der Waals surface area contributed by atoms with E-state index in [9.17, 15) is 4.79 Å². The van der Waals surface area contributed by atoms with Crippen LogP contribution in [-0.2, 0) is 9.53 Å². The summed E-state index contributed by atoms with van der Waals surface area (Å²) in [6, 6.07) is 0. The predicted molar refractivity (Wildman–Crippen MR) is 54.8 cm³/mol. The molecule has 2 N–H and O–H groups in total. The van der Waals surface area contributed by atoms with Gasteiger partial charge in [-0.15, -0.1) is 0 Å². The average molecular weight is 200 g/mol. The van der Waals surface area contributed by atoms with Gasteiger partial charge in [0.05, 0.1) is 13.1 Å². The number of carbonyl (C=O) groups excluding carboxylic acids is 1. The van der Waals surface area contributed by atoms with Gasteiger partial charge in [-0.3, -0.25) is 4.79 Å². The predicted octanol–water partition coefficient (Wildman–Crippen LogP) is 0.692. The maximum Gasteiger partial charge on any atom is 0.306 e. The van der Waals surface area contributed by atoms with Gasteiger partial charge >= 0.3 is 5.97 Å². The first-order valence-corrected chi connectivity index (χ1v) is 5.59. The maximum atomic E-state index is 11.2. The summed E-state index contributed by atoms with van der Waals surface area (Å²) >= 11 is 0. The van der Waals surface area contributed by atoms with Crippen LogP contribution in [0, 0.1) is 5.92 Å². The zero-order valence-corrected chi connectivity index (χ0v) is 9.51. The highest BCUT2D eigenvalue weighted by atomic mass is 16.6. The first-order valence-electron chi connectivity index (χ1n) is 5.59. The second-order valence-corrected chi connectivity index (χ2v) is 4.57. The van der Waals surface area contributed by atoms with Gasteiger partial charge in [0, 0.05) is 25.2 Å². The van der Waals surface area contributed by atoms with Crippen molar-refractivity contribution >= 4 is 5.97 Å². The molecule has 1 aliphatic rings. The van der Waals surface area contributed by atoms with Crippen LogP contribution in [0.25, 0.3) is 0 Å². The molecule has 0 bridgehead atoms. The van der Waals surface area contributed by atoms with E-state index in [0.29, 0.717) is 12.3 Å². The van der Waals surface area contributed by atoms with Crippen molar-refractivity contribution in [3.63, 3.8) is 0 Å². The Bertz CT molecular complexity index is 195. The minimum absolute atomic E-state index is 0.0791. The molecule has 1 rings (SSSR count). The minimum Gasteiger partial charge on any atom is -0.459 e. The Labute approximate surface area is 86.2 Å². The van der Waals surface area contributed by atoms with Crippen molar-refractivity contribution in [1.29, 1.82) is 0 Å². The van der Waals surface area contributed by atoms with E-state index in [2.05, 4.69) is 5.32 Å². The van der Waals surface area contributed by atoms with Crippen molar-refractivity contribution in [3.8, 4) is 0 Å². The van der Waals surface area contributed by atoms with Crippen LogP contribution in [0.2, 0.25) is 0 Å². The molecule has 0 spiro atoms. The highest BCUT2D eigenvalue weighted by Crippen LogP contribution is 2.28. The molecule has 1 heterocycles. The second-order valence-electron chi connectivity index (χ2n) is 4.57. The Morgan fingerprint density at radius 1 is 1.43 bits per heavy atom. The van der Waals surface area contributed by atoms with Crippen LogP contribution in [0.1, 0.15) is 40.0 Å². The van der Waals surface area contributed by atoms with Crippen LogP contribution in [0.15, 0.2) is 0 Å². The summed E-state index contributed by atoms with van der Waals surface area (Å²) in [5, 5.41) is 2.33. The van der Waals surface area contributed by atoms with Gasteiger partial charge in [0.1, 0.15) is 5.60 Å². The summed E-state index contributed by atoms with van der Waals surface area (Å²) in [6.07, 6.45) is 2.79. The van der Waals surface area contributed by atoms with Crippen LogP contribution in [0.5, 0.6) is 0 Å². The largest absolute Gasteiger partial charge is 0.459 e. The van der Waals surface area contributed by atoms with Gasteiger partial charge in [-0.2, -0.15) is 0 Å². The van der Waals surface area contributed by atoms with Gasteiger partial charge in [-0.1, -0.05) is 6.92 Å². The van der Waals surface area contributed by atoms with Gasteiger partial charge in [-0.05, 0) is 13.8 Å². The smallest absolute Gasteiger partial charge is 0.306 e. The number of ether oxygens (including phenoxy) is 1. The molecular formula is C11H22NO2+. The van der Waals surface area contributed by atoms with E-state index in [4.69, 9.17) is 4.74 Å². The molecule has 3 heteroatoms. The molecule has 0 unspecified atom stereocenters. The Morgan fingerprint density at radius 2 is 2.00 bits per heavy atom. The Kier molecular flexibility index (Phi) is 3.93. The third kappa shape index (κ3) is 2.98. The van der Waals surface area contributed by atoms with Gasteiger partial charge in [0.2, 0.25) is 0 Å². The highest BCUT2D eigenvalue weighted by Gasteiger charge is 2.34. The zero-order chi connectivity index (χ0) is 10.6. The fourth-order valence-electron chi connectivity index (χ4n) is 2.07. The number of quaternary nitrogens is 1. The molecule has 14 heavy (non-hydrogen) atoms. The molecule has 0 aromatic carbocycles. The summed E-state index contributed by atoms with van der Waals surface area (Å²) < 4.78 is 5.47. The molecule has 0 aliphatic carbocycles. The monoisotopic (exact) mass is 200 g/mol. The van der Waals surface area contributed by atoms with Crippen molar-refractivity contribution < 1.29 is 14.8 Å². The highest BCUT2D eigenvalue weighted by molar-refractivity contribution is 5.69. The van der Waals surface area contributed by atoms with Crippen molar-refractivity contribution in [2.75, 3.05) is 13.1 Å². The van der Waals surface area contributed by atoms with Gasteiger partial charge < -0.3 is 10.1 Å². The first kappa shape index (κ1) is 11.5. The second kappa shape index (κ2) is 4.78. The Balaban J connectivity index is 2.49. The molecule has 1 fully saturated rings. The lowest BCUT2D eigenvalue weighted by Crippen LogP contribution is -2.86. The normalized spacial score (nSPS) is 19.4. The van der Waals surface area contributed by atoms with E-state index < -0.39 is 0 Å². The van der Waals surface area contributed by atoms with E-state index in [1.165, 1.54) is 0 Å². The van der Waals surface area contributed by atoms with E-state index in [-0.39, 0.29) is 11.6 Å². The number of hydrogen-bond acceptors (Lipinski definition) is 2. The van der Waals surface area contributed by atoms with Crippen molar-refractivity contribution in [1.82, 2.24) is 0 Å². The molecule has 0 saturated carbocycles. The lowest BCUT2D eigenvalue weighted by molar-refractivity contribution is -0.665. The number of rotatable bonds is 3. The van der Waals surface area contributed by atoms with Gasteiger partial charge in [0.15, 0.2) is 0 Å². The summed E-state index contributed by atoms with van der Waals surface area (Å²) in [6.45, 7) is 8.25. The number of esters is 1. The van der Waals surface area contributed by atoms with Crippen molar-refractivity contribution in [3.05, 3.63) is 0 Å². The molecule has 0 aromatic heterocycles. The van der Waals surface area contributed by atoms with Crippen LogP contribution in [0.3, 0.4) is 0 Å². The zero-order valence-electron chi connectivity index (χ0n) is 9.51. The molecule has 0 aromatic rings. The molecular weight excluding hydrogens is 178 g/mol. The van der Waals surface area contributed by atoms with Crippen LogP contribution < -0.4 is 5.32 Å². The molecule has 3 nitrogen and oxygen atoms in total. The first-order chi connectivity index (χ1) is 6.56. The van der Waals surface area contributed by atoms with Gasteiger partial charge in [0.25, 0.3) is 0 Å². The lowest BCUT2D eigenvalue weighted by atomic mass is 9.83. The van der Waals surface area contributed by atoms with Crippen LogP contribution in [-0.4, -0.2) is 24.7 Å². The number of piperidine rings is 1. The minimum atomic E-state index is -0.276. The molecule has 0 radical (unpaired) electrons. The SMILES string of the molecule is CCC(=O)OC(C)(C)C1CC[NH2+]CC1. The fraction of sp³-hybridized carbons (Fsp3) is 0.909. The summed E-state index contributed by atoms with van der Waals surface area (Å²) in [4.78, 5) is 11.2. The Morgan fingerprint density at radius 3 is 2.50 bits per heavy atom. The van der Waals surface area contributed by atoms with E-state index in [0.717, 1.165) is 25.9 Å². The Hall–Kier alpha value is -0.570. The summed E-state index contributed by atoms with van der Waals surface area (Å²) in [5.74, 6) is 0.451. The number of carbonyl (C=O) groups is 1.